The van der Waals surface area contributed by atoms with Crippen molar-refractivity contribution in [2.45, 2.75) is 52.5 Å². The van der Waals surface area contributed by atoms with Crippen molar-refractivity contribution in [3.05, 3.63) is 70.3 Å². The molecule has 4 rings (SSSR count). The summed E-state index contributed by atoms with van der Waals surface area (Å²) in [5, 5.41) is 6.63. The van der Waals surface area contributed by atoms with Crippen molar-refractivity contribution in [2.75, 3.05) is 19.6 Å². The lowest BCUT2D eigenvalue weighted by atomic mass is 9.95. The fourth-order valence-electron chi connectivity index (χ4n) is 4.47. The van der Waals surface area contributed by atoms with Gasteiger partial charge in [0, 0.05) is 12.0 Å². The van der Waals surface area contributed by atoms with E-state index in [1.807, 2.05) is 0 Å². The first-order chi connectivity index (χ1) is 14.0. The first-order valence-electron chi connectivity index (χ1n) is 10.8. The van der Waals surface area contributed by atoms with Crippen LogP contribution >= 0.6 is 0 Å². The molecular formula is C25H31N3O. The van der Waals surface area contributed by atoms with Crippen LogP contribution in [0.5, 0.6) is 0 Å². The number of piperidine rings is 1. The monoisotopic (exact) mass is 389 g/mol. The number of amides is 1. The van der Waals surface area contributed by atoms with Crippen LogP contribution in [0.25, 0.3) is 0 Å². The van der Waals surface area contributed by atoms with Gasteiger partial charge in [-0.15, -0.1) is 0 Å². The lowest BCUT2D eigenvalue weighted by Gasteiger charge is -2.29. The third kappa shape index (κ3) is 4.43. The Hall–Kier alpha value is -2.46. The van der Waals surface area contributed by atoms with Gasteiger partial charge in [0.2, 0.25) is 0 Å². The molecule has 4 heteroatoms. The van der Waals surface area contributed by atoms with Gasteiger partial charge in [-0.2, -0.15) is 5.10 Å². The minimum atomic E-state index is -0.0245. The van der Waals surface area contributed by atoms with Crippen molar-refractivity contribution < 1.29 is 4.79 Å². The van der Waals surface area contributed by atoms with Crippen molar-refractivity contribution in [1.82, 2.24) is 9.91 Å². The molecule has 1 fully saturated rings. The summed E-state index contributed by atoms with van der Waals surface area (Å²) < 4.78 is 0. The molecule has 2 heterocycles. The van der Waals surface area contributed by atoms with E-state index < -0.39 is 0 Å². The van der Waals surface area contributed by atoms with Crippen LogP contribution in [0.3, 0.4) is 0 Å². The second-order valence-electron chi connectivity index (χ2n) is 8.57. The average molecular weight is 390 g/mol. The molecule has 1 unspecified atom stereocenters. The largest absolute Gasteiger partial charge is 0.294 e. The van der Waals surface area contributed by atoms with Crippen LogP contribution in [0.2, 0.25) is 0 Å². The highest BCUT2D eigenvalue weighted by Crippen LogP contribution is 2.34. The highest BCUT2D eigenvalue weighted by molar-refractivity contribution is 6.04. The summed E-state index contributed by atoms with van der Waals surface area (Å²) in [7, 11) is 0. The number of hydrogen-bond acceptors (Lipinski definition) is 3. The van der Waals surface area contributed by atoms with E-state index in [4.69, 9.17) is 5.10 Å². The lowest BCUT2D eigenvalue weighted by Crippen LogP contribution is -2.40. The molecule has 0 radical (unpaired) electrons. The van der Waals surface area contributed by atoms with E-state index in [0.29, 0.717) is 6.54 Å². The van der Waals surface area contributed by atoms with E-state index in [9.17, 15) is 4.79 Å². The Bertz CT molecular complexity index is 910. The third-order valence-electron chi connectivity index (χ3n) is 6.13. The molecular weight excluding hydrogens is 358 g/mol. The van der Waals surface area contributed by atoms with Crippen LogP contribution in [-0.2, 0) is 4.79 Å². The molecule has 0 spiro atoms. The molecule has 29 heavy (non-hydrogen) atoms. The fourth-order valence-corrected chi connectivity index (χ4v) is 4.47. The molecule has 0 bridgehead atoms. The van der Waals surface area contributed by atoms with E-state index in [-0.39, 0.29) is 11.9 Å². The number of likely N-dealkylation sites (tertiary alicyclic amines) is 1. The first-order valence-corrected chi connectivity index (χ1v) is 10.8. The third-order valence-corrected chi connectivity index (χ3v) is 6.13. The van der Waals surface area contributed by atoms with Crippen molar-refractivity contribution in [3.8, 4) is 0 Å². The van der Waals surface area contributed by atoms with E-state index in [2.05, 4.69) is 68.1 Å². The van der Waals surface area contributed by atoms with E-state index in [1.165, 1.54) is 36.0 Å². The molecule has 1 saturated heterocycles. The summed E-state index contributed by atoms with van der Waals surface area (Å²) in [6.07, 6.45) is 4.41. The predicted octanol–water partition coefficient (Wildman–Crippen LogP) is 4.78. The lowest BCUT2D eigenvalue weighted by molar-refractivity contribution is -0.134. The standard InChI is InChI=1S/C25H31N3O/c1-18-7-10-21(11-8-18)24-16-23(22-12-9-19(2)15-20(22)3)26-28(24)25(29)17-27-13-5-4-6-14-27/h7-12,15,24H,4-6,13-14,16-17H2,1-3H3. The van der Waals surface area contributed by atoms with Gasteiger partial charge in [0.1, 0.15) is 0 Å². The zero-order chi connectivity index (χ0) is 20.4. The van der Waals surface area contributed by atoms with Gasteiger partial charge < -0.3 is 0 Å². The van der Waals surface area contributed by atoms with Gasteiger partial charge in [0.15, 0.2) is 0 Å². The number of nitrogens with zero attached hydrogens (tertiary/aromatic N) is 3. The summed E-state index contributed by atoms with van der Waals surface area (Å²) in [5.41, 5.74) is 7.02. The normalized spacial score (nSPS) is 20.0. The Labute approximate surface area is 174 Å². The molecule has 2 aliphatic rings. The minimum absolute atomic E-state index is 0.0245. The molecule has 2 aliphatic heterocycles. The number of rotatable bonds is 4. The highest BCUT2D eigenvalue weighted by atomic mass is 16.2. The summed E-state index contributed by atoms with van der Waals surface area (Å²) in [6.45, 7) is 8.83. The molecule has 0 aromatic heterocycles. The van der Waals surface area contributed by atoms with Crippen molar-refractivity contribution in [3.63, 3.8) is 0 Å². The first kappa shape index (κ1) is 19.8. The molecule has 0 N–H and O–H groups in total. The molecule has 4 nitrogen and oxygen atoms in total. The van der Waals surface area contributed by atoms with E-state index in [1.54, 1.807) is 5.01 Å². The van der Waals surface area contributed by atoms with Gasteiger partial charge in [-0.3, -0.25) is 9.69 Å². The van der Waals surface area contributed by atoms with Crippen LogP contribution < -0.4 is 0 Å². The Balaban J connectivity index is 1.63. The van der Waals surface area contributed by atoms with Gasteiger partial charge in [-0.25, -0.2) is 5.01 Å². The maximum atomic E-state index is 13.3. The minimum Gasteiger partial charge on any atom is -0.294 e. The molecule has 152 valence electrons. The topological polar surface area (TPSA) is 35.9 Å². The quantitative estimate of drug-likeness (QED) is 0.755. The Kier molecular flexibility index (Phi) is 5.81. The number of carbonyl (C=O) groups is 1. The second-order valence-corrected chi connectivity index (χ2v) is 8.57. The van der Waals surface area contributed by atoms with Gasteiger partial charge in [-0.1, -0.05) is 60.0 Å². The SMILES string of the molecule is Cc1ccc(C2CC(c3ccc(C)cc3C)=NN2C(=O)CN2CCCCC2)cc1. The summed E-state index contributed by atoms with van der Waals surface area (Å²) in [4.78, 5) is 15.5. The van der Waals surface area contributed by atoms with Crippen LogP contribution in [0.15, 0.2) is 47.6 Å². The molecule has 2 aromatic rings. The summed E-state index contributed by atoms with van der Waals surface area (Å²) in [5.74, 6) is 0.109. The van der Waals surface area contributed by atoms with Crippen molar-refractivity contribution >= 4 is 11.6 Å². The average Bonchev–Trinajstić information content (AvgIpc) is 3.14. The number of hydrazone groups is 1. The maximum Gasteiger partial charge on any atom is 0.257 e. The highest BCUT2D eigenvalue weighted by Gasteiger charge is 2.34. The number of carbonyl (C=O) groups excluding carboxylic acids is 1. The van der Waals surface area contributed by atoms with Crippen LogP contribution in [0.1, 0.15) is 59.5 Å². The Morgan fingerprint density at radius 3 is 2.34 bits per heavy atom. The molecule has 0 saturated carbocycles. The number of benzene rings is 2. The second kappa shape index (κ2) is 8.50. The van der Waals surface area contributed by atoms with Gasteiger partial charge in [-0.05, 0) is 57.8 Å². The maximum absolute atomic E-state index is 13.3. The molecule has 1 atom stereocenters. The van der Waals surface area contributed by atoms with Crippen molar-refractivity contribution in [1.29, 1.82) is 0 Å². The summed E-state index contributed by atoms with van der Waals surface area (Å²) >= 11 is 0. The van der Waals surface area contributed by atoms with Crippen molar-refractivity contribution in [2.24, 2.45) is 5.10 Å². The zero-order valence-corrected chi connectivity index (χ0v) is 17.8. The summed E-state index contributed by atoms with van der Waals surface area (Å²) in [6, 6.07) is 15.0. The number of aryl methyl sites for hydroxylation is 3. The molecule has 2 aromatic carbocycles. The van der Waals surface area contributed by atoms with Crippen LogP contribution in [-0.4, -0.2) is 41.2 Å². The van der Waals surface area contributed by atoms with Gasteiger partial charge in [0.25, 0.3) is 5.91 Å². The van der Waals surface area contributed by atoms with E-state index in [0.717, 1.165) is 36.3 Å². The molecule has 1 amide bonds. The van der Waals surface area contributed by atoms with E-state index >= 15 is 0 Å². The molecule has 0 aliphatic carbocycles. The van der Waals surface area contributed by atoms with Crippen LogP contribution in [0, 0.1) is 20.8 Å². The predicted molar refractivity (Wildman–Crippen MR) is 118 cm³/mol. The van der Waals surface area contributed by atoms with Gasteiger partial charge >= 0.3 is 0 Å². The zero-order valence-electron chi connectivity index (χ0n) is 17.8. The number of hydrogen-bond donors (Lipinski definition) is 0. The smallest absolute Gasteiger partial charge is 0.257 e. The Morgan fingerprint density at radius 1 is 0.966 bits per heavy atom. The van der Waals surface area contributed by atoms with Crippen LogP contribution in [0.4, 0.5) is 0 Å². The van der Waals surface area contributed by atoms with Gasteiger partial charge in [0.05, 0.1) is 18.3 Å². The Morgan fingerprint density at radius 2 is 1.66 bits per heavy atom. The fraction of sp³-hybridized carbons (Fsp3) is 0.440.